The SMILES string of the molecule is CCOC(=O)C(N)CC(C)(C)F.O=C(O)C(O)C(O)C(=O)O. The molecule has 0 spiro atoms. The number of nitrogens with two attached hydrogens (primary N) is 1. The van der Waals surface area contributed by atoms with Crippen LogP contribution in [-0.4, -0.2) is 68.9 Å². The molecule has 0 aliphatic carbocycles. The van der Waals surface area contributed by atoms with Crippen molar-refractivity contribution in [1.82, 2.24) is 0 Å². The fourth-order valence-corrected chi connectivity index (χ4v) is 1.13. The predicted octanol–water partition coefficient (Wildman–Crippen LogP) is -1.11. The second-order valence-electron chi connectivity index (χ2n) is 4.85. The normalized spacial score (nSPS) is 14.9. The zero-order valence-corrected chi connectivity index (χ0v) is 12.5. The highest BCUT2D eigenvalue weighted by Gasteiger charge is 2.29. The molecule has 0 aromatic heterocycles. The van der Waals surface area contributed by atoms with Crippen molar-refractivity contribution in [3.05, 3.63) is 0 Å². The van der Waals surface area contributed by atoms with Gasteiger partial charge in [-0.05, 0) is 20.8 Å². The Labute approximate surface area is 126 Å². The van der Waals surface area contributed by atoms with Crippen molar-refractivity contribution in [2.45, 2.75) is 51.1 Å². The fourth-order valence-electron chi connectivity index (χ4n) is 1.13. The van der Waals surface area contributed by atoms with Crippen LogP contribution >= 0.6 is 0 Å². The van der Waals surface area contributed by atoms with Crippen LogP contribution in [0.3, 0.4) is 0 Å². The van der Waals surface area contributed by atoms with E-state index in [9.17, 15) is 18.8 Å². The molecule has 0 aliphatic heterocycles. The Morgan fingerprint density at radius 3 is 1.73 bits per heavy atom. The Bertz CT molecular complexity index is 364. The lowest BCUT2D eigenvalue weighted by Crippen LogP contribution is -2.39. The topological polar surface area (TPSA) is 167 Å². The highest BCUT2D eigenvalue weighted by Crippen LogP contribution is 2.15. The highest BCUT2D eigenvalue weighted by molar-refractivity contribution is 5.83. The molecule has 0 fully saturated rings. The Kier molecular flexibility index (Phi) is 10.3. The van der Waals surface area contributed by atoms with E-state index in [0.29, 0.717) is 0 Å². The average molecular weight is 327 g/mol. The summed E-state index contributed by atoms with van der Waals surface area (Å²) in [6, 6.07) is -0.857. The molecule has 130 valence electrons. The largest absolute Gasteiger partial charge is 0.479 e. The summed E-state index contributed by atoms with van der Waals surface area (Å²) in [7, 11) is 0. The maximum Gasteiger partial charge on any atom is 0.335 e. The van der Waals surface area contributed by atoms with Crippen LogP contribution in [0.1, 0.15) is 27.2 Å². The summed E-state index contributed by atoms with van der Waals surface area (Å²) < 4.78 is 17.6. The van der Waals surface area contributed by atoms with Gasteiger partial charge < -0.3 is 30.9 Å². The number of rotatable bonds is 7. The van der Waals surface area contributed by atoms with E-state index < -0.39 is 41.8 Å². The van der Waals surface area contributed by atoms with Crippen LogP contribution in [0, 0.1) is 0 Å². The number of alkyl halides is 1. The van der Waals surface area contributed by atoms with Gasteiger partial charge in [0.1, 0.15) is 11.7 Å². The number of carboxylic acids is 2. The number of hydrogen-bond acceptors (Lipinski definition) is 7. The minimum atomic E-state index is -2.27. The van der Waals surface area contributed by atoms with Gasteiger partial charge in [-0.15, -0.1) is 0 Å². The Balaban J connectivity index is 0. The number of halogens is 1. The van der Waals surface area contributed by atoms with Gasteiger partial charge in [0.25, 0.3) is 0 Å². The third-order valence-electron chi connectivity index (χ3n) is 2.10. The maximum absolute atomic E-state index is 13.0. The van der Waals surface area contributed by atoms with Crippen molar-refractivity contribution in [1.29, 1.82) is 0 Å². The van der Waals surface area contributed by atoms with Crippen molar-refractivity contribution in [2.75, 3.05) is 6.61 Å². The molecule has 0 bridgehead atoms. The van der Waals surface area contributed by atoms with E-state index in [1.807, 2.05) is 0 Å². The molecule has 3 atom stereocenters. The second-order valence-corrected chi connectivity index (χ2v) is 4.85. The minimum Gasteiger partial charge on any atom is -0.479 e. The first-order valence-electron chi connectivity index (χ1n) is 6.26. The number of aliphatic hydroxyl groups is 2. The zero-order chi connectivity index (χ0) is 18.1. The lowest BCUT2D eigenvalue weighted by atomic mass is 10.0. The highest BCUT2D eigenvalue weighted by atomic mass is 19.1. The van der Waals surface area contributed by atoms with Crippen molar-refractivity contribution in [2.24, 2.45) is 5.73 Å². The van der Waals surface area contributed by atoms with Gasteiger partial charge in [-0.3, -0.25) is 4.79 Å². The molecule has 22 heavy (non-hydrogen) atoms. The molecule has 3 unspecified atom stereocenters. The molecule has 9 nitrogen and oxygen atoms in total. The van der Waals surface area contributed by atoms with E-state index in [2.05, 4.69) is 4.74 Å². The van der Waals surface area contributed by atoms with Gasteiger partial charge in [0, 0.05) is 6.42 Å². The average Bonchev–Trinajstić information content (AvgIpc) is 2.35. The predicted molar refractivity (Wildman–Crippen MR) is 71.7 cm³/mol. The Morgan fingerprint density at radius 2 is 1.50 bits per heavy atom. The number of carboxylic acid groups (broad SMARTS) is 2. The lowest BCUT2D eigenvalue weighted by Gasteiger charge is -2.17. The van der Waals surface area contributed by atoms with Crippen molar-refractivity contribution >= 4 is 17.9 Å². The zero-order valence-electron chi connectivity index (χ0n) is 12.5. The summed E-state index contributed by atoms with van der Waals surface area (Å²) >= 11 is 0. The Hall–Kier alpha value is -1.78. The standard InChI is InChI=1S/C8H16FNO2.C4H6O6/c1-4-12-7(11)6(10)5-8(2,3)9;5-1(3(7)8)2(6)4(9)10/h6H,4-5,10H2,1-3H3;1-2,5-6H,(H,7,8)(H,9,10). The minimum absolute atomic E-state index is 0.00810. The molecule has 0 saturated heterocycles. The molecule has 6 N–H and O–H groups in total. The number of carbonyl (C=O) groups is 3. The summed E-state index contributed by atoms with van der Waals surface area (Å²) in [4.78, 5) is 30.5. The second kappa shape index (κ2) is 10.0. The number of aliphatic hydroxyl groups excluding tert-OH is 2. The van der Waals surface area contributed by atoms with Crippen LogP contribution in [0.4, 0.5) is 4.39 Å². The van der Waals surface area contributed by atoms with E-state index in [1.165, 1.54) is 13.8 Å². The first-order valence-corrected chi connectivity index (χ1v) is 6.26. The van der Waals surface area contributed by atoms with Crippen molar-refractivity contribution in [3.63, 3.8) is 0 Å². The first kappa shape index (κ1) is 22.5. The van der Waals surface area contributed by atoms with Crippen molar-refractivity contribution in [3.8, 4) is 0 Å². The van der Waals surface area contributed by atoms with Crippen LogP contribution in [0.25, 0.3) is 0 Å². The molecular formula is C12H22FNO8. The fraction of sp³-hybridized carbons (Fsp3) is 0.750. The number of ether oxygens (including phenoxy) is 1. The molecule has 0 heterocycles. The van der Waals surface area contributed by atoms with Gasteiger partial charge >= 0.3 is 17.9 Å². The van der Waals surface area contributed by atoms with E-state index in [4.69, 9.17) is 26.2 Å². The number of carbonyl (C=O) groups excluding carboxylic acids is 1. The van der Waals surface area contributed by atoms with Crippen LogP contribution in [0.2, 0.25) is 0 Å². The van der Waals surface area contributed by atoms with E-state index in [0.717, 1.165) is 0 Å². The summed E-state index contributed by atoms with van der Waals surface area (Å²) in [6.07, 6.45) is -4.54. The van der Waals surface area contributed by atoms with E-state index in [1.54, 1.807) is 6.92 Å². The third-order valence-corrected chi connectivity index (χ3v) is 2.10. The van der Waals surface area contributed by atoms with Crippen LogP contribution < -0.4 is 5.73 Å². The summed E-state index contributed by atoms with van der Waals surface area (Å²) in [6.45, 7) is 4.72. The summed E-state index contributed by atoms with van der Waals surface area (Å²) in [5, 5.41) is 32.5. The number of hydrogen-bond donors (Lipinski definition) is 5. The van der Waals surface area contributed by atoms with Gasteiger partial charge in [0.2, 0.25) is 0 Å². The molecule has 10 heteroatoms. The summed E-state index contributed by atoms with van der Waals surface area (Å²) in [5.41, 5.74) is 3.95. The van der Waals surface area contributed by atoms with E-state index in [-0.39, 0.29) is 13.0 Å². The maximum atomic E-state index is 13.0. The number of esters is 1. The van der Waals surface area contributed by atoms with Crippen LogP contribution in [0.5, 0.6) is 0 Å². The van der Waals surface area contributed by atoms with Gasteiger partial charge in [-0.1, -0.05) is 0 Å². The molecule has 0 aliphatic rings. The third kappa shape index (κ3) is 10.9. The first-order chi connectivity index (χ1) is 9.83. The van der Waals surface area contributed by atoms with Gasteiger partial charge in [-0.2, -0.15) is 0 Å². The van der Waals surface area contributed by atoms with Gasteiger partial charge in [-0.25, -0.2) is 14.0 Å². The van der Waals surface area contributed by atoms with Crippen LogP contribution in [-0.2, 0) is 19.1 Å². The number of aliphatic carboxylic acids is 2. The molecule has 0 amide bonds. The van der Waals surface area contributed by atoms with Gasteiger partial charge in [0.15, 0.2) is 12.2 Å². The van der Waals surface area contributed by atoms with Crippen molar-refractivity contribution < 1.29 is 43.9 Å². The quantitative estimate of drug-likeness (QED) is 0.364. The van der Waals surface area contributed by atoms with E-state index >= 15 is 0 Å². The monoisotopic (exact) mass is 327 g/mol. The Morgan fingerprint density at radius 1 is 1.14 bits per heavy atom. The molecule has 0 rings (SSSR count). The molecule has 0 radical (unpaired) electrons. The molecular weight excluding hydrogens is 305 g/mol. The molecule has 0 aromatic carbocycles. The lowest BCUT2D eigenvalue weighted by molar-refractivity contribution is -0.165. The molecule has 0 saturated carbocycles. The summed E-state index contributed by atoms with van der Waals surface area (Å²) in [5.74, 6) is -4.08. The smallest absolute Gasteiger partial charge is 0.335 e. The van der Waals surface area contributed by atoms with Gasteiger partial charge in [0.05, 0.1) is 6.61 Å². The molecule has 0 aromatic rings. The van der Waals surface area contributed by atoms with Crippen LogP contribution in [0.15, 0.2) is 0 Å².